The molecule has 3 heterocycles. The van der Waals surface area contributed by atoms with E-state index in [0.717, 1.165) is 80.6 Å². The lowest BCUT2D eigenvalue weighted by atomic mass is 10.0. The zero-order chi connectivity index (χ0) is 28.6. The van der Waals surface area contributed by atoms with Gasteiger partial charge in [-0.2, -0.15) is 0 Å². The molecule has 1 aromatic heterocycles. The van der Waals surface area contributed by atoms with E-state index >= 15 is 0 Å². The first-order chi connectivity index (χ1) is 19.4. The Morgan fingerprint density at radius 3 is 2.52 bits per heavy atom. The van der Waals surface area contributed by atoms with Crippen LogP contribution in [0.15, 0.2) is 73.1 Å². The minimum Gasteiger partial charge on any atom is -0.398 e. The number of likely N-dealkylation sites (tertiary alicyclic amines) is 1. The molecule has 0 radical (unpaired) electrons. The molecule has 0 aliphatic carbocycles. The molecule has 214 valence electrons. The first-order valence-electron chi connectivity index (χ1n) is 14.7. The molecule has 0 unspecified atom stereocenters. The van der Waals surface area contributed by atoms with E-state index in [9.17, 15) is 4.79 Å². The molecule has 0 saturated carbocycles. The van der Waals surface area contributed by atoms with E-state index < -0.39 is 0 Å². The second-order valence-corrected chi connectivity index (χ2v) is 10.9. The minimum absolute atomic E-state index is 0.00773. The molecule has 5 rings (SSSR count). The van der Waals surface area contributed by atoms with Gasteiger partial charge < -0.3 is 25.8 Å². The molecule has 2 aliphatic heterocycles. The minimum atomic E-state index is -0.00773. The fourth-order valence-electron chi connectivity index (χ4n) is 5.61. The number of nitrogens with two attached hydrogens (primary N) is 1. The van der Waals surface area contributed by atoms with Gasteiger partial charge in [0.25, 0.3) is 0 Å². The molecule has 1 atom stereocenters. The largest absolute Gasteiger partial charge is 0.398 e. The zero-order valence-electron chi connectivity index (χ0n) is 24.6. The molecular weight excluding hydrogens is 496 g/mol. The number of nitrogens with zero attached hydrogens (tertiary/aromatic N) is 3. The second-order valence-electron chi connectivity index (χ2n) is 10.9. The predicted molar refractivity (Wildman–Crippen MR) is 169 cm³/mol. The van der Waals surface area contributed by atoms with Crippen LogP contribution < -0.4 is 16.0 Å². The number of amides is 1. The number of carbonyl (C=O) groups is 1. The molecule has 1 amide bonds. The molecule has 7 nitrogen and oxygen atoms in total. The Bertz CT molecular complexity index is 1260. The van der Waals surface area contributed by atoms with Gasteiger partial charge in [-0.1, -0.05) is 46.4 Å². The maximum atomic E-state index is 13.0. The molecule has 2 aromatic carbocycles. The fraction of sp³-hybridized carbons (Fsp3) is 0.424. The van der Waals surface area contributed by atoms with E-state index in [1.807, 2.05) is 44.3 Å². The van der Waals surface area contributed by atoms with E-state index in [2.05, 4.69) is 75.8 Å². The first kappa shape index (κ1) is 29.3. The number of aromatic nitrogens is 1. The molecule has 2 aliphatic rings. The SMILES string of the molecule is C=C(CN1CC[C@@H](C(=O)Nc2ccc(N)c(C(C)C)c2)C1)N1CCN(c2cccc(-c3ccc[nH]3)c2)CC1.CC. The highest BCUT2D eigenvalue weighted by Gasteiger charge is 2.29. The zero-order valence-corrected chi connectivity index (χ0v) is 24.6. The van der Waals surface area contributed by atoms with Crippen molar-refractivity contribution >= 4 is 23.0 Å². The number of H-pyrrole nitrogens is 1. The summed E-state index contributed by atoms with van der Waals surface area (Å²) in [7, 11) is 0. The van der Waals surface area contributed by atoms with Crippen LogP contribution in [0.1, 0.15) is 45.6 Å². The smallest absolute Gasteiger partial charge is 0.228 e. The van der Waals surface area contributed by atoms with Gasteiger partial charge in [0, 0.05) is 73.9 Å². The molecule has 2 saturated heterocycles. The lowest BCUT2D eigenvalue weighted by Crippen LogP contribution is -2.47. The van der Waals surface area contributed by atoms with Crippen molar-refractivity contribution < 1.29 is 4.79 Å². The lowest BCUT2D eigenvalue weighted by molar-refractivity contribution is -0.119. The number of nitrogens with one attached hydrogen (secondary N) is 2. The van der Waals surface area contributed by atoms with Gasteiger partial charge in [0.15, 0.2) is 0 Å². The monoisotopic (exact) mass is 542 g/mol. The molecule has 3 aromatic rings. The summed E-state index contributed by atoms with van der Waals surface area (Å²) >= 11 is 0. The van der Waals surface area contributed by atoms with Crippen LogP contribution in [0.3, 0.4) is 0 Å². The van der Waals surface area contributed by atoms with Crippen molar-refractivity contribution in [3.05, 3.63) is 78.6 Å². The van der Waals surface area contributed by atoms with Crippen molar-refractivity contribution in [2.24, 2.45) is 5.92 Å². The Morgan fingerprint density at radius 2 is 1.82 bits per heavy atom. The highest BCUT2D eigenvalue weighted by Crippen LogP contribution is 2.28. The van der Waals surface area contributed by atoms with Crippen LogP contribution in [-0.4, -0.2) is 66.5 Å². The number of piperazine rings is 1. The Labute approximate surface area is 240 Å². The first-order valence-corrected chi connectivity index (χ1v) is 14.7. The Kier molecular flexibility index (Phi) is 9.93. The van der Waals surface area contributed by atoms with Crippen molar-refractivity contribution in [3.8, 4) is 11.3 Å². The summed E-state index contributed by atoms with van der Waals surface area (Å²) in [5.41, 5.74) is 13.5. The van der Waals surface area contributed by atoms with E-state index in [1.165, 1.54) is 11.3 Å². The van der Waals surface area contributed by atoms with Crippen molar-refractivity contribution in [1.29, 1.82) is 0 Å². The Morgan fingerprint density at radius 1 is 1.05 bits per heavy atom. The molecule has 0 spiro atoms. The van der Waals surface area contributed by atoms with Crippen molar-refractivity contribution in [2.45, 2.75) is 40.0 Å². The van der Waals surface area contributed by atoms with Gasteiger partial charge in [0.2, 0.25) is 5.91 Å². The quantitative estimate of drug-likeness (QED) is 0.304. The van der Waals surface area contributed by atoms with Gasteiger partial charge in [-0.15, -0.1) is 0 Å². The topological polar surface area (TPSA) is 80.6 Å². The van der Waals surface area contributed by atoms with E-state index in [1.54, 1.807) is 0 Å². The third-order valence-electron chi connectivity index (χ3n) is 7.87. The summed E-state index contributed by atoms with van der Waals surface area (Å²) in [6.07, 6.45) is 2.83. The summed E-state index contributed by atoms with van der Waals surface area (Å²) < 4.78 is 0. The third kappa shape index (κ3) is 7.07. The van der Waals surface area contributed by atoms with E-state index in [0.29, 0.717) is 5.92 Å². The van der Waals surface area contributed by atoms with Crippen LogP contribution >= 0.6 is 0 Å². The number of anilines is 3. The van der Waals surface area contributed by atoms with Crippen LogP contribution in [0.25, 0.3) is 11.3 Å². The molecule has 40 heavy (non-hydrogen) atoms. The summed E-state index contributed by atoms with van der Waals surface area (Å²) in [6, 6.07) is 18.7. The van der Waals surface area contributed by atoms with Gasteiger partial charge in [-0.05, 0) is 72.5 Å². The maximum Gasteiger partial charge on any atom is 0.228 e. The number of carbonyl (C=O) groups excluding carboxylic acids is 1. The van der Waals surface area contributed by atoms with Crippen molar-refractivity contribution in [1.82, 2.24) is 14.8 Å². The van der Waals surface area contributed by atoms with E-state index in [4.69, 9.17) is 5.73 Å². The van der Waals surface area contributed by atoms with Crippen LogP contribution in [0.5, 0.6) is 0 Å². The van der Waals surface area contributed by atoms with Crippen LogP contribution in [0, 0.1) is 5.92 Å². The standard InChI is InChI=1S/C31H40N6O.C2H6/c1-22(2)28-19-26(9-10-29(28)32)34-31(38)25-11-13-35(21-25)20-23(3)36-14-16-37(17-15-36)27-7-4-6-24(18-27)30-8-5-12-33-30;1-2/h4-10,12,18-19,22,25,33H,3,11,13-17,20-21,32H2,1-2H3,(H,34,38);1-2H3/t25-;/m1./s1. The molecule has 4 N–H and O–H groups in total. The van der Waals surface area contributed by atoms with Gasteiger partial charge in [-0.25, -0.2) is 0 Å². The second kappa shape index (κ2) is 13.6. The predicted octanol–water partition coefficient (Wildman–Crippen LogP) is 6.01. The molecular formula is C33H46N6O. The Hall–Kier alpha value is -3.71. The van der Waals surface area contributed by atoms with Crippen molar-refractivity contribution in [2.75, 3.05) is 61.8 Å². The normalized spacial score (nSPS) is 17.5. The van der Waals surface area contributed by atoms with Gasteiger partial charge >= 0.3 is 0 Å². The van der Waals surface area contributed by atoms with Crippen LogP contribution in [-0.2, 0) is 4.79 Å². The summed E-state index contributed by atoms with van der Waals surface area (Å²) in [6.45, 7) is 19.0. The molecule has 0 bridgehead atoms. The number of nitrogen functional groups attached to an aromatic ring is 1. The third-order valence-corrected chi connectivity index (χ3v) is 7.87. The van der Waals surface area contributed by atoms with Crippen LogP contribution in [0.2, 0.25) is 0 Å². The highest BCUT2D eigenvalue weighted by atomic mass is 16.1. The number of aromatic amines is 1. The number of rotatable bonds is 8. The van der Waals surface area contributed by atoms with Gasteiger partial charge in [0.05, 0.1) is 5.92 Å². The Balaban J connectivity index is 0.00000181. The maximum absolute atomic E-state index is 13.0. The number of hydrogen-bond acceptors (Lipinski definition) is 5. The van der Waals surface area contributed by atoms with Gasteiger partial charge in [0.1, 0.15) is 0 Å². The fourth-order valence-corrected chi connectivity index (χ4v) is 5.61. The van der Waals surface area contributed by atoms with Crippen molar-refractivity contribution in [3.63, 3.8) is 0 Å². The van der Waals surface area contributed by atoms with E-state index in [-0.39, 0.29) is 11.8 Å². The average molecular weight is 543 g/mol. The summed E-state index contributed by atoms with van der Waals surface area (Å²) in [5.74, 6) is 0.399. The number of hydrogen-bond donors (Lipinski definition) is 3. The molecule has 7 heteroatoms. The number of benzene rings is 2. The summed E-state index contributed by atoms with van der Waals surface area (Å²) in [4.78, 5) is 23.5. The average Bonchev–Trinajstić information content (AvgIpc) is 3.68. The highest BCUT2D eigenvalue weighted by molar-refractivity contribution is 5.93. The molecule has 2 fully saturated rings. The summed E-state index contributed by atoms with van der Waals surface area (Å²) in [5, 5.41) is 3.12. The van der Waals surface area contributed by atoms with Gasteiger partial charge in [-0.3, -0.25) is 9.69 Å². The lowest BCUT2D eigenvalue weighted by Gasteiger charge is -2.39. The van der Waals surface area contributed by atoms with Crippen LogP contribution in [0.4, 0.5) is 17.1 Å².